The molecule has 0 fully saturated rings. The zero-order chi connectivity index (χ0) is 17.6. The highest BCUT2D eigenvalue weighted by Crippen LogP contribution is 2.26. The number of aliphatic hydroxyl groups is 1. The van der Waals surface area contributed by atoms with Crippen LogP contribution in [0.1, 0.15) is 23.5 Å². The lowest BCUT2D eigenvalue weighted by Gasteiger charge is -2.15. The Bertz CT molecular complexity index is 809. The number of hydrogen-bond donors (Lipinski definition) is 2. The number of rotatable bonds is 7. The maximum absolute atomic E-state index is 13.2. The van der Waals surface area contributed by atoms with Gasteiger partial charge in [0.05, 0.1) is 12.1 Å². The monoisotopic (exact) mass is 357 g/mol. The molecule has 3 aromatic rings. The van der Waals surface area contributed by atoms with Crippen LogP contribution in [-0.4, -0.2) is 28.0 Å². The van der Waals surface area contributed by atoms with Crippen molar-refractivity contribution in [1.29, 1.82) is 0 Å². The molecule has 2 aromatic carbocycles. The first-order chi connectivity index (χ1) is 12.1. The van der Waals surface area contributed by atoms with Gasteiger partial charge in [0.15, 0.2) is 0 Å². The van der Waals surface area contributed by atoms with E-state index in [9.17, 15) is 9.50 Å². The maximum atomic E-state index is 13.2. The lowest BCUT2D eigenvalue weighted by Crippen LogP contribution is -2.30. The van der Waals surface area contributed by atoms with E-state index in [2.05, 4.69) is 15.5 Å². The summed E-state index contributed by atoms with van der Waals surface area (Å²) in [6, 6.07) is 16.2. The average molecular weight is 357 g/mol. The Morgan fingerprint density at radius 3 is 2.68 bits per heavy atom. The second-order valence-corrected chi connectivity index (χ2v) is 6.94. The highest BCUT2D eigenvalue weighted by atomic mass is 32.1. The first-order valence-corrected chi connectivity index (χ1v) is 8.98. The van der Waals surface area contributed by atoms with Crippen molar-refractivity contribution in [1.82, 2.24) is 15.5 Å². The molecule has 130 valence electrons. The summed E-state index contributed by atoms with van der Waals surface area (Å²) in [4.78, 5) is 0. The SMILES string of the molecule is CC(NCC(O)Cc1cccc(F)c1)c1nnc(-c2ccccc2)s1. The number of aliphatic hydroxyl groups excluding tert-OH is 1. The quantitative estimate of drug-likeness (QED) is 0.678. The van der Waals surface area contributed by atoms with Crippen LogP contribution in [-0.2, 0) is 6.42 Å². The Balaban J connectivity index is 1.54. The molecule has 2 N–H and O–H groups in total. The van der Waals surface area contributed by atoms with Crippen LogP contribution in [0.15, 0.2) is 54.6 Å². The standard InChI is InChI=1S/C19H20FN3OS/c1-13(18-22-23-19(25-18)15-7-3-2-4-8-15)21-12-17(24)11-14-6-5-9-16(20)10-14/h2-10,13,17,21,24H,11-12H2,1H3. The molecular weight excluding hydrogens is 337 g/mol. The van der Waals surface area contributed by atoms with E-state index in [0.717, 1.165) is 21.1 Å². The minimum atomic E-state index is -0.592. The second kappa shape index (κ2) is 8.29. The molecule has 3 rings (SSSR count). The Kier molecular flexibility index (Phi) is 5.86. The molecule has 0 spiro atoms. The summed E-state index contributed by atoms with van der Waals surface area (Å²) >= 11 is 1.54. The second-order valence-electron chi connectivity index (χ2n) is 5.93. The number of benzene rings is 2. The van der Waals surface area contributed by atoms with Gasteiger partial charge in [0.25, 0.3) is 0 Å². The van der Waals surface area contributed by atoms with Gasteiger partial charge in [-0.25, -0.2) is 4.39 Å². The van der Waals surface area contributed by atoms with Crippen molar-refractivity contribution in [3.05, 3.63) is 71.0 Å². The van der Waals surface area contributed by atoms with Crippen LogP contribution in [0.4, 0.5) is 4.39 Å². The zero-order valence-electron chi connectivity index (χ0n) is 13.9. The van der Waals surface area contributed by atoms with Crippen molar-refractivity contribution in [3.8, 4) is 10.6 Å². The normalized spacial score (nSPS) is 13.6. The maximum Gasteiger partial charge on any atom is 0.147 e. The van der Waals surface area contributed by atoms with E-state index in [-0.39, 0.29) is 11.9 Å². The van der Waals surface area contributed by atoms with E-state index >= 15 is 0 Å². The molecule has 0 saturated carbocycles. The van der Waals surface area contributed by atoms with Crippen LogP contribution in [0.25, 0.3) is 10.6 Å². The summed E-state index contributed by atoms with van der Waals surface area (Å²) in [5.41, 5.74) is 1.83. The van der Waals surface area contributed by atoms with E-state index < -0.39 is 6.10 Å². The molecular formula is C19H20FN3OS. The fourth-order valence-corrected chi connectivity index (χ4v) is 3.39. The van der Waals surface area contributed by atoms with Gasteiger partial charge < -0.3 is 10.4 Å². The molecule has 0 aliphatic carbocycles. The van der Waals surface area contributed by atoms with Crippen LogP contribution in [0.5, 0.6) is 0 Å². The summed E-state index contributed by atoms with van der Waals surface area (Å²) in [5, 5.41) is 23.6. The summed E-state index contributed by atoms with van der Waals surface area (Å²) < 4.78 is 13.2. The summed E-state index contributed by atoms with van der Waals surface area (Å²) in [5.74, 6) is -0.284. The molecule has 1 aromatic heterocycles. The molecule has 2 atom stereocenters. The van der Waals surface area contributed by atoms with E-state index in [1.807, 2.05) is 43.3 Å². The average Bonchev–Trinajstić information content (AvgIpc) is 3.11. The molecule has 0 aliphatic rings. The number of nitrogens with one attached hydrogen (secondary N) is 1. The summed E-state index contributed by atoms with van der Waals surface area (Å²) in [6.45, 7) is 2.39. The highest BCUT2D eigenvalue weighted by Gasteiger charge is 2.14. The Hall–Kier alpha value is -2.15. The molecule has 1 heterocycles. The summed E-state index contributed by atoms with van der Waals surface area (Å²) in [7, 11) is 0. The van der Waals surface area contributed by atoms with Crippen LogP contribution in [0.2, 0.25) is 0 Å². The van der Waals surface area contributed by atoms with Gasteiger partial charge in [-0.1, -0.05) is 53.8 Å². The van der Waals surface area contributed by atoms with E-state index in [4.69, 9.17) is 0 Å². The molecule has 4 nitrogen and oxygen atoms in total. The molecule has 2 unspecified atom stereocenters. The van der Waals surface area contributed by atoms with Gasteiger partial charge >= 0.3 is 0 Å². The Labute approximate surface area is 150 Å². The van der Waals surface area contributed by atoms with E-state index in [1.165, 1.54) is 23.5 Å². The molecule has 0 aliphatic heterocycles. The largest absolute Gasteiger partial charge is 0.391 e. The number of aromatic nitrogens is 2. The van der Waals surface area contributed by atoms with Crippen LogP contribution >= 0.6 is 11.3 Å². The number of nitrogens with zero attached hydrogens (tertiary/aromatic N) is 2. The van der Waals surface area contributed by atoms with Crippen molar-refractivity contribution in [2.24, 2.45) is 0 Å². The van der Waals surface area contributed by atoms with Gasteiger partial charge in [-0.2, -0.15) is 0 Å². The predicted molar refractivity (Wildman–Crippen MR) is 97.9 cm³/mol. The lowest BCUT2D eigenvalue weighted by atomic mass is 10.1. The zero-order valence-corrected chi connectivity index (χ0v) is 14.7. The molecule has 0 radical (unpaired) electrons. The lowest BCUT2D eigenvalue weighted by molar-refractivity contribution is 0.168. The van der Waals surface area contributed by atoms with Gasteiger partial charge in [0, 0.05) is 12.1 Å². The van der Waals surface area contributed by atoms with Crippen LogP contribution in [0, 0.1) is 5.82 Å². The van der Waals surface area contributed by atoms with Crippen molar-refractivity contribution >= 4 is 11.3 Å². The van der Waals surface area contributed by atoms with Gasteiger partial charge in [0.1, 0.15) is 15.8 Å². The fraction of sp³-hybridized carbons (Fsp3) is 0.263. The fourth-order valence-electron chi connectivity index (χ4n) is 2.52. The van der Waals surface area contributed by atoms with Crippen LogP contribution in [0.3, 0.4) is 0 Å². The minimum absolute atomic E-state index is 0.0166. The molecule has 6 heteroatoms. The third-order valence-electron chi connectivity index (χ3n) is 3.85. The number of halogens is 1. The van der Waals surface area contributed by atoms with Crippen molar-refractivity contribution in [2.45, 2.75) is 25.5 Å². The minimum Gasteiger partial charge on any atom is -0.391 e. The molecule has 0 bridgehead atoms. The molecule has 0 saturated heterocycles. The first-order valence-electron chi connectivity index (χ1n) is 8.16. The van der Waals surface area contributed by atoms with Crippen molar-refractivity contribution < 1.29 is 9.50 Å². The van der Waals surface area contributed by atoms with Crippen LogP contribution < -0.4 is 5.32 Å². The third kappa shape index (κ3) is 4.92. The smallest absolute Gasteiger partial charge is 0.147 e. The topological polar surface area (TPSA) is 58.0 Å². The van der Waals surface area contributed by atoms with Crippen molar-refractivity contribution in [3.63, 3.8) is 0 Å². The summed E-state index contributed by atoms with van der Waals surface area (Å²) in [6.07, 6.45) is -0.186. The van der Waals surface area contributed by atoms with Gasteiger partial charge in [-0.3, -0.25) is 0 Å². The highest BCUT2D eigenvalue weighted by molar-refractivity contribution is 7.14. The molecule has 0 amide bonds. The molecule has 25 heavy (non-hydrogen) atoms. The number of hydrogen-bond acceptors (Lipinski definition) is 5. The van der Waals surface area contributed by atoms with Crippen molar-refractivity contribution in [2.75, 3.05) is 6.54 Å². The van der Waals surface area contributed by atoms with Gasteiger partial charge in [-0.05, 0) is 31.0 Å². The first kappa shape index (κ1) is 17.7. The van der Waals surface area contributed by atoms with Gasteiger partial charge in [-0.15, -0.1) is 10.2 Å². The van der Waals surface area contributed by atoms with E-state index in [1.54, 1.807) is 6.07 Å². The predicted octanol–water partition coefficient (Wildman–Crippen LogP) is 3.60. The van der Waals surface area contributed by atoms with E-state index in [0.29, 0.717) is 13.0 Å². The third-order valence-corrected chi connectivity index (χ3v) is 5.01. The van der Waals surface area contributed by atoms with Gasteiger partial charge in [0.2, 0.25) is 0 Å². The Morgan fingerprint density at radius 2 is 1.92 bits per heavy atom. The Morgan fingerprint density at radius 1 is 1.12 bits per heavy atom.